The van der Waals surface area contributed by atoms with E-state index in [-0.39, 0.29) is 12.0 Å². The molecule has 0 aliphatic carbocycles. The third-order valence-corrected chi connectivity index (χ3v) is 6.05. The number of fused-ring (bicyclic) bond motifs is 1. The normalized spacial score (nSPS) is 19.7. The summed E-state index contributed by atoms with van der Waals surface area (Å²) in [7, 11) is 0. The average Bonchev–Trinajstić information content (AvgIpc) is 3.35. The largest absolute Gasteiger partial charge is 0.491 e. The Morgan fingerprint density at radius 2 is 2.26 bits per heavy atom. The average molecular weight is 388 g/mol. The standard InChI is InChI=1S/C20H25N3O3S/c1-2-23-10-9-17-18(12-23)27-20(21-17)22-19(24)14-5-7-15(8-6-14)26-13-16-4-3-11-25-16/h5-8,16H,2-4,9-13H2,1H3,(H,21,22,24)/t16-/m0/s1. The monoisotopic (exact) mass is 387 g/mol. The van der Waals surface area contributed by atoms with Crippen LogP contribution in [0.15, 0.2) is 24.3 Å². The molecule has 2 aliphatic heterocycles. The molecule has 6 nitrogen and oxygen atoms in total. The van der Waals surface area contributed by atoms with Gasteiger partial charge in [-0.05, 0) is 43.7 Å². The number of rotatable bonds is 6. The smallest absolute Gasteiger partial charge is 0.257 e. The minimum absolute atomic E-state index is 0.140. The van der Waals surface area contributed by atoms with Crippen molar-refractivity contribution < 1.29 is 14.3 Å². The summed E-state index contributed by atoms with van der Waals surface area (Å²) in [6.07, 6.45) is 3.29. The number of nitrogens with zero attached hydrogens (tertiary/aromatic N) is 2. The predicted octanol–water partition coefficient (Wildman–Crippen LogP) is 3.33. The molecule has 0 radical (unpaired) electrons. The van der Waals surface area contributed by atoms with Crippen molar-refractivity contribution in [2.45, 2.75) is 38.8 Å². The van der Waals surface area contributed by atoms with E-state index >= 15 is 0 Å². The Balaban J connectivity index is 1.33. The number of carbonyl (C=O) groups is 1. The quantitative estimate of drug-likeness (QED) is 0.824. The summed E-state index contributed by atoms with van der Waals surface area (Å²) in [6.45, 7) is 6.56. The van der Waals surface area contributed by atoms with Crippen molar-refractivity contribution in [1.82, 2.24) is 9.88 Å². The molecule has 0 unspecified atom stereocenters. The Bertz CT molecular complexity index is 784. The summed E-state index contributed by atoms with van der Waals surface area (Å²) in [4.78, 5) is 20.8. The summed E-state index contributed by atoms with van der Waals surface area (Å²) in [5.74, 6) is 0.616. The lowest BCUT2D eigenvalue weighted by atomic mass is 10.2. The van der Waals surface area contributed by atoms with Crippen LogP contribution in [0, 0.1) is 0 Å². The van der Waals surface area contributed by atoms with Crippen LogP contribution in [0.1, 0.15) is 40.7 Å². The zero-order valence-electron chi connectivity index (χ0n) is 15.6. The Kier molecular flexibility index (Phi) is 5.71. The second-order valence-electron chi connectivity index (χ2n) is 6.93. The molecule has 144 valence electrons. The summed E-state index contributed by atoms with van der Waals surface area (Å²) in [5.41, 5.74) is 1.72. The van der Waals surface area contributed by atoms with Crippen LogP contribution in [-0.4, -0.2) is 48.2 Å². The number of hydrogen-bond donors (Lipinski definition) is 1. The molecule has 1 atom stereocenters. The van der Waals surface area contributed by atoms with E-state index in [1.165, 1.54) is 4.88 Å². The van der Waals surface area contributed by atoms with E-state index in [9.17, 15) is 4.79 Å². The molecule has 1 amide bonds. The lowest BCUT2D eigenvalue weighted by molar-refractivity contribution is 0.0679. The molecular weight excluding hydrogens is 362 g/mol. The predicted molar refractivity (Wildman–Crippen MR) is 106 cm³/mol. The first-order valence-electron chi connectivity index (χ1n) is 9.58. The van der Waals surface area contributed by atoms with Gasteiger partial charge in [-0.25, -0.2) is 4.98 Å². The van der Waals surface area contributed by atoms with Gasteiger partial charge in [0.15, 0.2) is 5.13 Å². The van der Waals surface area contributed by atoms with Crippen molar-refractivity contribution in [3.63, 3.8) is 0 Å². The van der Waals surface area contributed by atoms with Crippen LogP contribution in [0.2, 0.25) is 0 Å². The van der Waals surface area contributed by atoms with Gasteiger partial charge in [-0.3, -0.25) is 15.0 Å². The Morgan fingerprint density at radius 3 is 3.00 bits per heavy atom. The molecule has 0 bridgehead atoms. The number of nitrogens with one attached hydrogen (secondary N) is 1. The fourth-order valence-electron chi connectivity index (χ4n) is 3.41. The van der Waals surface area contributed by atoms with Crippen molar-refractivity contribution in [3.05, 3.63) is 40.4 Å². The molecule has 1 aromatic heterocycles. The highest BCUT2D eigenvalue weighted by molar-refractivity contribution is 7.15. The SMILES string of the molecule is CCN1CCc2nc(NC(=O)c3ccc(OC[C@@H]4CCCO4)cc3)sc2C1. The van der Waals surface area contributed by atoms with Crippen molar-refractivity contribution in [1.29, 1.82) is 0 Å². The van der Waals surface area contributed by atoms with Crippen LogP contribution >= 0.6 is 11.3 Å². The highest BCUT2D eigenvalue weighted by atomic mass is 32.1. The van der Waals surface area contributed by atoms with Gasteiger partial charge in [-0.1, -0.05) is 6.92 Å². The van der Waals surface area contributed by atoms with Crippen LogP contribution in [0.4, 0.5) is 5.13 Å². The number of anilines is 1. The number of carbonyl (C=O) groups excluding carboxylic acids is 1. The van der Waals surface area contributed by atoms with Gasteiger partial charge in [-0.15, -0.1) is 11.3 Å². The molecule has 1 saturated heterocycles. The zero-order valence-corrected chi connectivity index (χ0v) is 16.4. The molecule has 4 rings (SSSR count). The van der Waals surface area contributed by atoms with E-state index in [0.717, 1.165) is 56.9 Å². The van der Waals surface area contributed by atoms with E-state index in [1.54, 1.807) is 23.5 Å². The summed E-state index contributed by atoms with van der Waals surface area (Å²) in [6, 6.07) is 7.23. The number of aromatic nitrogens is 1. The molecule has 0 saturated carbocycles. The van der Waals surface area contributed by atoms with Gasteiger partial charge in [0, 0.05) is 36.6 Å². The van der Waals surface area contributed by atoms with Crippen LogP contribution in [-0.2, 0) is 17.7 Å². The molecule has 1 N–H and O–H groups in total. The fourth-order valence-corrected chi connectivity index (χ4v) is 4.45. The van der Waals surface area contributed by atoms with Crippen LogP contribution in [0.5, 0.6) is 5.75 Å². The van der Waals surface area contributed by atoms with Crippen molar-refractivity contribution in [2.75, 3.05) is 31.6 Å². The molecular formula is C20H25N3O3S. The highest BCUT2D eigenvalue weighted by Crippen LogP contribution is 2.28. The number of ether oxygens (including phenoxy) is 2. The molecule has 1 fully saturated rings. The van der Waals surface area contributed by atoms with E-state index in [0.29, 0.717) is 17.3 Å². The van der Waals surface area contributed by atoms with Crippen molar-refractivity contribution >= 4 is 22.4 Å². The number of amides is 1. The van der Waals surface area contributed by atoms with Crippen LogP contribution in [0.25, 0.3) is 0 Å². The second kappa shape index (κ2) is 8.37. The molecule has 27 heavy (non-hydrogen) atoms. The Hall–Kier alpha value is -1.96. The maximum absolute atomic E-state index is 12.5. The van der Waals surface area contributed by atoms with Gasteiger partial charge in [0.1, 0.15) is 12.4 Å². The van der Waals surface area contributed by atoms with Gasteiger partial charge in [0.2, 0.25) is 0 Å². The van der Waals surface area contributed by atoms with Crippen molar-refractivity contribution in [3.8, 4) is 5.75 Å². The number of thiazole rings is 1. The third-order valence-electron chi connectivity index (χ3n) is 5.05. The molecule has 1 aromatic carbocycles. The summed E-state index contributed by atoms with van der Waals surface area (Å²) >= 11 is 1.58. The van der Waals surface area contributed by atoms with Crippen LogP contribution in [0.3, 0.4) is 0 Å². The van der Waals surface area contributed by atoms with E-state index < -0.39 is 0 Å². The zero-order chi connectivity index (χ0) is 18.6. The second-order valence-corrected chi connectivity index (χ2v) is 8.02. The maximum Gasteiger partial charge on any atom is 0.257 e. The molecule has 3 heterocycles. The van der Waals surface area contributed by atoms with Gasteiger partial charge in [0.05, 0.1) is 11.8 Å². The maximum atomic E-state index is 12.5. The van der Waals surface area contributed by atoms with E-state index in [1.807, 2.05) is 12.1 Å². The molecule has 7 heteroatoms. The van der Waals surface area contributed by atoms with Gasteiger partial charge < -0.3 is 9.47 Å². The number of hydrogen-bond acceptors (Lipinski definition) is 6. The molecule has 0 spiro atoms. The number of benzene rings is 1. The summed E-state index contributed by atoms with van der Waals surface area (Å²) < 4.78 is 11.3. The lowest BCUT2D eigenvalue weighted by Gasteiger charge is -2.23. The summed E-state index contributed by atoms with van der Waals surface area (Å²) in [5, 5.41) is 3.62. The first-order chi connectivity index (χ1) is 13.2. The van der Waals surface area contributed by atoms with Gasteiger partial charge in [0.25, 0.3) is 5.91 Å². The molecule has 2 aliphatic rings. The topological polar surface area (TPSA) is 63.7 Å². The first-order valence-corrected chi connectivity index (χ1v) is 10.4. The fraction of sp³-hybridized carbons (Fsp3) is 0.500. The molecule has 2 aromatic rings. The van der Waals surface area contributed by atoms with Crippen LogP contribution < -0.4 is 10.1 Å². The van der Waals surface area contributed by atoms with E-state index in [4.69, 9.17) is 9.47 Å². The third kappa shape index (κ3) is 4.48. The minimum Gasteiger partial charge on any atom is -0.491 e. The Morgan fingerprint density at radius 1 is 1.41 bits per heavy atom. The van der Waals surface area contributed by atoms with Gasteiger partial charge in [-0.2, -0.15) is 0 Å². The number of likely N-dealkylation sites (N-methyl/N-ethyl adjacent to an activating group) is 1. The lowest BCUT2D eigenvalue weighted by Crippen LogP contribution is -2.29. The first kappa shape index (κ1) is 18.4. The van der Waals surface area contributed by atoms with E-state index in [2.05, 4.69) is 22.1 Å². The highest BCUT2D eigenvalue weighted by Gasteiger charge is 2.21. The minimum atomic E-state index is -0.140. The van der Waals surface area contributed by atoms with Crippen molar-refractivity contribution in [2.24, 2.45) is 0 Å². The van der Waals surface area contributed by atoms with Gasteiger partial charge >= 0.3 is 0 Å². The Labute approximate surface area is 163 Å².